The number of rotatable bonds is 13. The van der Waals surface area contributed by atoms with E-state index in [2.05, 4.69) is 4.74 Å². The van der Waals surface area contributed by atoms with Crippen LogP contribution < -0.4 is 5.32 Å². The van der Waals surface area contributed by atoms with Crippen LogP contribution in [-0.2, 0) is 22.6 Å². The molecule has 0 bridgehead atoms. The third kappa shape index (κ3) is 6.40. The van der Waals surface area contributed by atoms with E-state index < -0.39 is 91.3 Å². The average Bonchev–Trinajstić information content (AvgIpc) is 2.84. The van der Waals surface area contributed by atoms with Crippen molar-refractivity contribution in [2.75, 3.05) is 6.54 Å². The molecule has 0 heterocycles. The Morgan fingerprint density at radius 3 is 1.40 bits per heavy atom. The van der Waals surface area contributed by atoms with Crippen LogP contribution in [0.15, 0.2) is 24.3 Å². The van der Waals surface area contributed by atoms with Gasteiger partial charge in [-0.2, -0.15) is 74.6 Å². The zero-order valence-corrected chi connectivity index (χ0v) is 19.7. The van der Waals surface area contributed by atoms with Gasteiger partial charge < -0.3 is 15.2 Å². The summed E-state index contributed by atoms with van der Waals surface area (Å²) < 4.78 is 231. The van der Waals surface area contributed by atoms with E-state index in [0.29, 0.717) is 0 Å². The third-order valence-corrected chi connectivity index (χ3v) is 5.29. The van der Waals surface area contributed by atoms with E-state index in [4.69, 9.17) is 5.11 Å². The number of ether oxygens (including phenoxy) is 1. The van der Waals surface area contributed by atoms with E-state index in [-0.39, 0.29) is 5.56 Å². The summed E-state index contributed by atoms with van der Waals surface area (Å²) in [5.41, 5.74) is -0.465. The second-order valence-electron chi connectivity index (χ2n) is 8.29. The molecule has 0 saturated carbocycles. The summed E-state index contributed by atoms with van der Waals surface area (Å²) in [5.74, 6) is -58.1. The predicted octanol–water partition coefficient (Wildman–Crippen LogP) is 6.94. The number of nitrogens with one attached hydrogen (secondary N) is 1. The van der Waals surface area contributed by atoms with Crippen LogP contribution in [0.25, 0.3) is 0 Å². The molecular weight excluding hydrogens is 641 g/mol. The number of carboxylic acid groups (broad SMARTS) is 1. The molecule has 0 radical (unpaired) electrons. The van der Waals surface area contributed by atoms with Crippen LogP contribution in [0.5, 0.6) is 0 Å². The Morgan fingerprint density at radius 1 is 0.619 bits per heavy atom. The van der Waals surface area contributed by atoms with Crippen molar-refractivity contribution in [3.8, 4) is 0 Å². The molecule has 42 heavy (non-hydrogen) atoms. The minimum atomic E-state index is -8.68. The number of carbonyl (C=O) groups excluding carboxylic acids is 1. The van der Waals surface area contributed by atoms with Crippen LogP contribution in [0.4, 0.5) is 79.4 Å². The lowest BCUT2D eigenvalue weighted by atomic mass is 9.87. The van der Waals surface area contributed by atoms with E-state index in [1.807, 2.05) is 0 Å². The van der Waals surface area contributed by atoms with Gasteiger partial charge in [-0.05, 0) is 17.5 Å². The fourth-order valence-corrected chi connectivity index (χ4v) is 2.80. The summed E-state index contributed by atoms with van der Waals surface area (Å²) >= 11 is 0. The molecular formula is C20H14F17NO4. The summed E-state index contributed by atoms with van der Waals surface area (Å²) in [5, 5.41) is 10.1. The van der Waals surface area contributed by atoms with Crippen LogP contribution >= 0.6 is 0 Å². The van der Waals surface area contributed by atoms with Crippen LogP contribution in [0.3, 0.4) is 0 Å². The molecule has 0 unspecified atom stereocenters. The van der Waals surface area contributed by atoms with Gasteiger partial charge in [0.05, 0.1) is 0 Å². The van der Waals surface area contributed by atoms with Crippen molar-refractivity contribution in [2.24, 2.45) is 0 Å². The van der Waals surface area contributed by atoms with Gasteiger partial charge in [0, 0.05) is 6.42 Å². The highest BCUT2D eigenvalue weighted by atomic mass is 19.4. The van der Waals surface area contributed by atoms with Crippen LogP contribution in [0.2, 0.25) is 0 Å². The molecule has 5 nitrogen and oxygen atoms in total. The SMILES string of the molecule is O=C(O)CNC(=O)OCc1ccc(CCC(F)(F)C(F)(F)C(F)(F)C(F)(F)C(F)(F)C(F)(F)C(F)(F)C(F)(F)F)cc1. The Balaban J connectivity index is 3.16. The number of benzene rings is 1. The number of alkyl halides is 17. The molecule has 0 spiro atoms. The number of halogens is 17. The molecule has 2 N–H and O–H groups in total. The lowest BCUT2D eigenvalue weighted by Gasteiger charge is -2.42. The number of carboxylic acids is 1. The highest BCUT2D eigenvalue weighted by molar-refractivity contribution is 5.76. The molecule has 22 heteroatoms. The molecule has 1 aromatic rings. The van der Waals surface area contributed by atoms with E-state index >= 15 is 0 Å². The van der Waals surface area contributed by atoms with Crippen LogP contribution in [-0.4, -0.2) is 71.3 Å². The molecule has 0 saturated heterocycles. The maximum Gasteiger partial charge on any atom is 0.460 e. The summed E-state index contributed by atoms with van der Waals surface area (Å²) in [6, 6.07) is 3.43. The predicted molar refractivity (Wildman–Crippen MR) is 101 cm³/mol. The fourth-order valence-electron chi connectivity index (χ4n) is 2.80. The Kier molecular flexibility index (Phi) is 10.0. The van der Waals surface area contributed by atoms with Crippen LogP contribution in [0.1, 0.15) is 17.5 Å². The lowest BCUT2D eigenvalue weighted by Crippen LogP contribution is -2.74. The normalized spacial score (nSPS) is 14.5. The molecule has 0 fully saturated rings. The Labute approximate surface area is 221 Å². The van der Waals surface area contributed by atoms with Gasteiger partial charge in [-0.1, -0.05) is 24.3 Å². The van der Waals surface area contributed by atoms with Gasteiger partial charge in [-0.3, -0.25) is 4.79 Å². The standard InChI is InChI=1S/C20H14F17NO4/c21-13(22,6-5-9-1-3-10(4-2-9)8-42-12(41)38-7-11(39)40)14(23,24)15(25,26)16(27,28)17(29,30)18(31,32)19(33,34)20(35,36)37/h1-4H,5-8H2,(H,38,41)(H,39,40). The summed E-state index contributed by atoms with van der Waals surface area (Å²) in [7, 11) is 0. The molecule has 0 atom stereocenters. The quantitative estimate of drug-likeness (QED) is 0.226. The van der Waals surface area contributed by atoms with Gasteiger partial charge in [-0.25, -0.2) is 4.79 Å². The molecule has 242 valence electrons. The minimum Gasteiger partial charge on any atom is -0.480 e. The number of aryl methyl sites for hydroxylation is 1. The number of carbonyl (C=O) groups is 2. The second kappa shape index (κ2) is 11.5. The Hall–Kier alpha value is -3.23. The highest BCUT2D eigenvalue weighted by Gasteiger charge is 2.95. The summed E-state index contributed by atoms with van der Waals surface area (Å²) in [6.45, 7) is -1.45. The van der Waals surface area contributed by atoms with Gasteiger partial charge in [0.15, 0.2) is 0 Å². The minimum absolute atomic E-state index is 0.0197. The van der Waals surface area contributed by atoms with E-state index in [9.17, 15) is 84.2 Å². The van der Waals surface area contributed by atoms with E-state index in [1.54, 1.807) is 5.32 Å². The molecule has 0 aliphatic heterocycles. The van der Waals surface area contributed by atoms with Gasteiger partial charge in [0.1, 0.15) is 13.2 Å². The van der Waals surface area contributed by atoms with Crippen molar-refractivity contribution in [1.82, 2.24) is 5.32 Å². The zero-order chi connectivity index (χ0) is 33.4. The van der Waals surface area contributed by atoms with Crippen molar-refractivity contribution in [1.29, 1.82) is 0 Å². The van der Waals surface area contributed by atoms with Crippen molar-refractivity contribution >= 4 is 12.1 Å². The second-order valence-corrected chi connectivity index (χ2v) is 8.29. The van der Waals surface area contributed by atoms with Gasteiger partial charge >= 0.3 is 59.7 Å². The van der Waals surface area contributed by atoms with Gasteiger partial charge in [0.25, 0.3) is 0 Å². The monoisotopic (exact) mass is 655 g/mol. The lowest BCUT2D eigenvalue weighted by molar-refractivity contribution is -0.461. The van der Waals surface area contributed by atoms with E-state index in [1.165, 1.54) is 0 Å². The smallest absolute Gasteiger partial charge is 0.460 e. The van der Waals surface area contributed by atoms with Crippen molar-refractivity contribution in [2.45, 2.75) is 67.1 Å². The van der Waals surface area contributed by atoms with Crippen molar-refractivity contribution in [3.63, 3.8) is 0 Å². The highest BCUT2D eigenvalue weighted by Crippen LogP contribution is 2.64. The average molecular weight is 655 g/mol. The van der Waals surface area contributed by atoms with Crippen molar-refractivity contribution < 1.29 is 94.1 Å². The third-order valence-electron chi connectivity index (χ3n) is 5.29. The topological polar surface area (TPSA) is 75.6 Å². The Morgan fingerprint density at radius 2 is 1.00 bits per heavy atom. The molecule has 0 aliphatic rings. The first-order valence-electron chi connectivity index (χ1n) is 10.4. The number of aliphatic carboxylic acids is 1. The molecule has 1 amide bonds. The first-order valence-corrected chi connectivity index (χ1v) is 10.4. The fraction of sp³-hybridized carbons (Fsp3) is 0.600. The van der Waals surface area contributed by atoms with Gasteiger partial charge in [-0.15, -0.1) is 0 Å². The molecule has 0 aliphatic carbocycles. The van der Waals surface area contributed by atoms with Crippen molar-refractivity contribution in [3.05, 3.63) is 35.4 Å². The number of alkyl carbamates (subject to hydrolysis) is 1. The van der Waals surface area contributed by atoms with Gasteiger partial charge in [0.2, 0.25) is 0 Å². The summed E-state index contributed by atoms with van der Waals surface area (Å²) in [6.07, 6.45) is -13.1. The largest absolute Gasteiger partial charge is 0.480 e. The first-order chi connectivity index (χ1) is 18.5. The summed E-state index contributed by atoms with van der Waals surface area (Å²) in [4.78, 5) is 21.5. The first kappa shape index (κ1) is 36.8. The van der Waals surface area contributed by atoms with E-state index in [0.717, 1.165) is 24.3 Å². The number of amides is 1. The molecule has 1 rings (SSSR count). The van der Waals surface area contributed by atoms with Crippen LogP contribution in [0, 0.1) is 0 Å². The zero-order valence-electron chi connectivity index (χ0n) is 19.7. The maximum absolute atomic E-state index is 14.0. The maximum atomic E-state index is 14.0. The molecule has 1 aromatic carbocycles. The molecule has 0 aromatic heterocycles. The number of hydrogen-bond acceptors (Lipinski definition) is 3. The number of hydrogen-bond donors (Lipinski definition) is 2. The Bertz CT molecular complexity index is 1120.